The quantitative estimate of drug-likeness (QED) is 0.409. The average molecular weight is 479 g/mol. The molecule has 1 N–H and O–H groups in total. The molecule has 1 aromatic carbocycles. The minimum Gasteiger partial charge on any atom is -0.449 e. The maximum Gasteiger partial charge on any atom is 0.287 e. The van der Waals surface area contributed by atoms with Crippen LogP contribution in [-0.2, 0) is 0 Å². The van der Waals surface area contributed by atoms with E-state index in [0.29, 0.717) is 24.1 Å². The van der Waals surface area contributed by atoms with Gasteiger partial charge in [0.2, 0.25) is 0 Å². The number of rotatable bonds is 8. The van der Waals surface area contributed by atoms with Gasteiger partial charge in [0.05, 0.1) is 12.0 Å². The Kier molecular flexibility index (Phi) is 7.32. The Balaban J connectivity index is 1.29. The van der Waals surface area contributed by atoms with Gasteiger partial charge in [0, 0.05) is 24.7 Å². The minimum absolute atomic E-state index is 0.196. The van der Waals surface area contributed by atoms with E-state index >= 15 is 0 Å². The lowest BCUT2D eigenvalue weighted by atomic mass is 10.0. The maximum absolute atomic E-state index is 13.5. The zero-order valence-corrected chi connectivity index (χ0v) is 20.5. The predicted molar refractivity (Wildman–Crippen MR) is 135 cm³/mol. The lowest BCUT2D eigenvalue weighted by Crippen LogP contribution is -2.36. The van der Waals surface area contributed by atoms with Crippen LogP contribution in [0.1, 0.15) is 68.5 Å². The molecular weight excluding hydrogens is 443 g/mol. The molecule has 0 bridgehead atoms. The molecule has 2 aliphatic rings. The summed E-state index contributed by atoms with van der Waals surface area (Å²) in [7, 11) is 0. The molecule has 5 rings (SSSR count). The molecule has 1 aliphatic heterocycles. The van der Waals surface area contributed by atoms with E-state index in [9.17, 15) is 9.18 Å². The van der Waals surface area contributed by atoms with E-state index in [-0.39, 0.29) is 11.7 Å². The van der Waals surface area contributed by atoms with Gasteiger partial charge in [-0.2, -0.15) is 0 Å². The van der Waals surface area contributed by atoms with E-state index in [1.165, 1.54) is 37.8 Å². The monoisotopic (exact) mass is 478 g/mol. The van der Waals surface area contributed by atoms with Crippen LogP contribution in [0.3, 0.4) is 0 Å². The van der Waals surface area contributed by atoms with Crippen molar-refractivity contribution in [1.29, 1.82) is 0 Å². The molecule has 2 fully saturated rings. The Bertz CT molecular complexity index is 1130. The van der Waals surface area contributed by atoms with E-state index in [2.05, 4.69) is 26.7 Å². The molecule has 7 heteroatoms. The van der Waals surface area contributed by atoms with Gasteiger partial charge in [-0.3, -0.25) is 4.79 Å². The van der Waals surface area contributed by atoms with Crippen molar-refractivity contribution in [3.05, 3.63) is 54.3 Å². The van der Waals surface area contributed by atoms with Crippen molar-refractivity contribution in [1.82, 2.24) is 19.8 Å². The summed E-state index contributed by atoms with van der Waals surface area (Å²) >= 11 is 0. The number of hydrogen-bond acceptors (Lipinski definition) is 4. The zero-order chi connectivity index (χ0) is 24.2. The van der Waals surface area contributed by atoms with E-state index in [1.807, 2.05) is 12.4 Å². The zero-order valence-electron chi connectivity index (χ0n) is 20.5. The van der Waals surface area contributed by atoms with Crippen molar-refractivity contribution >= 4 is 5.91 Å². The van der Waals surface area contributed by atoms with Gasteiger partial charge in [0.1, 0.15) is 11.5 Å². The van der Waals surface area contributed by atoms with E-state index < -0.39 is 0 Å². The largest absolute Gasteiger partial charge is 0.449 e. The van der Waals surface area contributed by atoms with Crippen molar-refractivity contribution in [3.63, 3.8) is 0 Å². The third-order valence-corrected chi connectivity index (χ3v) is 7.37. The van der Waals surface area contributed by atoms with E-state index in [4.69, 9.17) is 4.42 Å². The first-order chi connectivity index (χ1) is 17.1. The Labute approximate surface area is 206 Å². The molecule has 1 aliphatic carbocycles. The van der Waals surface area contributed by atoms with Crippen LogP contribution in [0.5, 0.6) is 0 Å². The average Bonchev–Trinajstić information content (AvgIpc) is 3.62. The highest BCUT2D eigenvalue weighted by atomic mass is 19.1. The highest BCUT2D eigenvalue weighted by Gasteiger charge is 2.26. The molecule has 1 saturated heterocycles. The lowest BCUT2D eigenvalue weighted by molar-refractivity contribution is 0.0923. The van der Waals surface area contributed by atoms with Crippen LogP contribution >= 0.6 is 0 Å². The van der Waals surface area contributed by atoms with Gasteiger partial charge in [0.15, 0.2) is 11.5 Å². The Morgan fingerprint density at radius 3 is 2.69 bits per heavy atom. The van der Waals surface area contributed by atoms with Gasteiger partial charge in [0.25, 0.3) is 5.91 Å². The van der Waals surface area contributed by atoms with E-state index in [1.54, 1.807) is 18.2 Å². The third kappa shape index (κ3) is 5.50. The Morgan fingerprint density at radius 1 is 1.11 bits per heavy atom. The summed E-state index contributed by atoms with van der Waals surface area (Å²) in [6.07, 6.45) is 9.93. The number of nitrogens with one attached hydrogen (secondary N) is 1. The second kappa shape index (κ2) is 10.8. The van der Waals surface area contributed by atoms with E-state index in [0.717, 1.165) is 61.8 Å². The summed E-state index contributed by atoms with van der Waals surface area (Å²) in [5, 5.41) is 3.01. The molecule has 0 radical (unpaired) electrons. The molecule has 35 heavy (non-hydrogen) atoms. The number of carbonyl (C=O) groups excluding carboxylic acids is 1. The fourth-order valence-corrected chi connectivity index (χ4v) is 5.55. The summed E-state index contributed by atoms with van der Waals surface area (Å²) < 4.78 is 21.8. The van der Waals surface area contributed by atoms with Crippen molar-refractivity contribution in [2.24, 2.45) is 5.92 Å². The molecule has 6 nitrogen and oxygen atoms in total. The molecule has 1 amide bonds. The van der Waals surface area contributed by atoms with Gasteiger partial charge >= 0.3 is 0 Å². The lowest BCUT2D eigenvalue weighted by Gasteiger charge is -2.30. The van der Waals surface area contributed by atoms with Gasteiger partial charge in [-0.15, -0.1) is 0 Å². The standard InChI is InChI=1S/C28H35FN4O2/c1-20-6-4-16-32(18-20)17-5-15-30-28(34)25-14-13-24(35-25)27-26(21-9-11-22(29)12-10-21)31-19-33(27)23-7-2-3-8-23/h9-14,19-20,23H,2-8,15-18H2,1H3,(H,30,34)/t20-/m1/s1. The minimum atomic E-state index is -0.280. The molecule has 0 unspecified atom stereocenters. The van der Waals surface area contributed by atoms with Crippen molar-refractivity contribution in [2.75, 3.05) is 26.2 Å². The summed E-state index contributed by atoms with van der Waals surface area (Å²) in [6.45, 7) is 6.25. The van der Waals surface area contributed by atoms with Gasteiger partial charge in [-0.1, -0.05) is 19.8 Å². The van der Waals surface area contributed by atoms with Crippen LogP contribution < -0.4 is 5.32 Å². The topological polar surface area (TPSA) is 63.3 Å². The van der Waals surface area contributed by atoms with Crippen LogP contribution in [-0.4, -0.2) is 46.5 Å². The summed E-state index contributed by atoms with van der Waals surface area (Å²) in [5.74, 6) is 1.20. The molecular formula is C28H35FN4O2. The number of imidazole rings is 1. The van der Waals surface area contributed by atoms with Gasteiger partial charge < -0.3 is 19.2 Å². The first-order valence-electron chi connectivity index (χ1n) is 13.0. The van der Waals surface area contributed by atoms with Crippen LogP contribution in [0.2, 0.25) is 0 Å². The predicted octanol–water partition coefficient (Wildman–Crippen LogP) is 5.92. The number of hydrogen-bond donors (Lipinski definition) is 1. The highest BCUT2D eigenvalue weighted by molar-refractivity contribution is 5.92. The molecule has 3 aromatic rings. The Morgan fingerprint density at radius 2 is 1.91 bits per heavy atom. The van der Waals surface area contributed by atoms with Crippen molar-refractivity contribution in [2.45, 2.75) is 57.9 Å². The first kappa shape index (κ1) is 23.8. The van der Waals surface area contributed by atoms with Gasteiger partial charge in [-0.25, -0.2) is 9.37 Å². The van der Waals surface area contributed by atoms with Crippen molar-refractivity contribution < 1.29 is 13.6 Å². The maximum atomic E-state index is 13.5. The number of piperidine rings is 1. The fourth-order valence-electron chi connectivity index (χ4n) is 5.55. The van der Waals surface area contributed by atoms with Crippen LogP contribution in [0.4, 0.5) is 4.39 Å². The Hall–Kier alpha value is -2.93. The number of aromatic nitrogens is 2. The number of furan rings is 1. The number of nitrogens with zero attached hydrogens (tertiary/aromatic N) is 3. The molecule has 3 heterocycles. The van der Waals surface area contributed by atoms with Gasteiger partial charge in [-0.05, 0) is 87.5 Å². The number of benzene rings is 1. The van der Waals surface area contributed by atoms with Crippen molar-refractivity contribution in [3.8, 4) is 22.7 Å². The smallest absolute Gasteiger partial charge is 0.287 e. The molecule has 1 atom stereocenters. The number of halogens is 1. The van der Waals surface area contributed by atoms with Crippen LogP contribution in [0.15, 0.2) is 47.1 Å². The fraction of sp³-hybridized carbons (Fsp3) is 0.500. The summed E-state index contributed by atoms with van der Waals surface area (Å²) in [5.41, 5.74) is 2.42. The number of amides is 1. The van der Waals surface area contributed by atoms with Crippen LogP contribution in [0.25, 0.3) is 22.7 Å². The SMILES string of the molecule is C[C@@H]1CCCN(CCCNC(=O)c2ccc(-c3c(-c4ccc(F)cc4)ncn3C3CCCC3)o2)C1. The van der Waals surface area contributed by atoms with Crippen LogP contribution in [0, 0.1) is 11.7 Å². The third-order valence-electron chi connectivity index (χ3n) is 7.37. The molecule has 186 valence electrons. The second-order valence-electron chi connectivity index (χ2n) is 10.1. The summed E-state index contributed by atoms with van der Waals surface area (Å²) in [4.78, 5) is 20.0. The molecule has 2 aromatic heterocycles. The normalized spacial score (nSPS) is 19.3. The molecule has 0 spiro atoms. The second-order valence-corrected chi connectivity index (χ2v) is 10.1. The molecule has 1 saturated carbocycles. The highest BCUT2D eigenvalue weighted by Crippen LogP contribution is 2.39. The number of carbonyl (C=O) groups is 1. The number of likely N-dealkylation sites (tertiary alicyclic amines) is 1. The first-order valence-corrected chi connectivity index (χ1v) is 13.0. The summed E-state index contributed by atoms with van der Waals surface area (Å²) in [6, 6.07) is 10.3.